The molecule has 0 rings (SSSR count). The van der Waals surface area contributed by atoms with Crippen LogP contribution in [-0.2, 0) is 9.53 Å². The van der Waals surface area contributed by atoms with Gasteiger partial charge in [-0.3, -0.25) is 4.79 Å². The number of unbranched alkanes of at least 4 members (excludes halogenated alkanes) is 3. The lowest BCUT2D eigenvalue weighted by Gasteiger charge is -2.21. The summed E-state index contributed by atoms with van der Waals surface area (Å²) < 4.78 is 5.00. The third kappa shape index (κ3) is 8.11. The van der Waals surface area contributed by atoms with E-state index in [2.05, 4.69) is 22.9 Å². The molecule has 0 radical (unpaired) electrons. The van der Waals surface area contributed by atoms with Gasteiger partial charge in [-0.2, -0.15) is 0 Å². The number of amides is 1. The second-order valence-corrected chi connectivity index (χ2v) is 4.67. The molecule has 0 atom stereocenters. The van der Waals surface area contributed by atoms with Crippen LogP contribution in [0.2, 0.25) is 0 Å². The van der Waals surface area contributed by atoms with E-state index in [1.54, 1.807) is 7.11 Å². The van der Waals surface area contributed by atoms with Crippen LogP contribution in [0.4, 0.5) is 0 Å². The highest BCUT2D eigenvalue weighted by atomic mass is 79.9. The van der Waals surface area contributed by atoms with Crippen molar-refractivity contribution in [2.24, 2.45) is 0 Å². The van der Waals surface area contributed by atoms with Crippen molar-refractivity contribution in [2.45, 2.75) is 39.0 Å². The zero-order chi connectivity index (χ0) is 12.2. The second-order valence-electron chi connectivity index (χ2n) is 3.87. The van der Waals surface area contributed by atoms with E-state index in [0.29, 0.717) is 19.6 Å². The van der Waals surface area contributed by atoms with Gasteiger partial charge in [0.1, 0.15) is 0 Å². The number of hydrogen-bond donors (Lipinski definition) is 0. The Labute approximate surface area is 108 Å². The standard InChI is InChI=1S/C12H24BrNO2/c1-3-4-5-6-7-12(15)14(9-8-13)10-11-16-2/h3-11H2,1-2H3. The van der Waals surface area contributed by atoms with Gasteiger partial charge >= 0.3 is 0 Å². The Kier molecular flexibility index (Phi) is 11.3. The molecule has 0 aromatic heterocycles. The predicted octanol–water partition coefficient (Wildman–Crippen LogP) is 2.83. The summed E-state index contributed by atoms with van der Waals surface area (Å²) in [5.41, 5.74) is 0. The fraction of sp³-hybridized carbons (Fsp3) is 0.917. The number of alkyl halides is 1. The van der Waals surface area contributed by atoms with Gasteiger partial charge in [-0.25, -0.2) is 0 Å². The number of nitrogens with zero attached hydrogens (tertiary/aromatic N) is 1. The third-order valence-corrected chi connectivity index (χ3v) is 2.87. The Hall–Kier alpha value is -0.0900. The highest BCUT2D eigenvalue weighted by Crippen LogP contribution is 2.05. The lowest BCUT2D eigenvalue weighted by molar-refractivity contribution is -0.131. The van der Waals surface area contributed by atoms with Crippen molar-refractivity contribution in [3.63, 3.8) is 0 Å². The van der Waals surface area contributed by atoms with Crippen molar-refractivity contribution in [3.8, 4) is 0 Å². The molecule has 0 aliphatic carbocycles. The molecule has 0 aromatic rings. The summed E-state index contributed by atoms with van der Waals surface area (Å²) in [5.74, 6) is 0.257. The summed E-state index contributed by atoms with van der Waals surface area (Å²) in [6, 6.07) is 0. The molecule has 0 aromatic carbocycles. The number of rotatable bonds is 10. The first-order chi connectivity index (χ1) is 7.76. The second kappa shape index (κ2) is 11.4. The average molecular weight is 294 g/mol. The quantitative estimate of drug-likeness (QED) is 0.458. The molecule has 1 amide bonds. The first-order valence-corrected chi connectivity index (χ1v) is 7.21. The summed E-state index contributed by atoms with van der Waals surface area (Å²) >= 11 is 3.37. The molecule has 16 heavy (non-hydrogen) atoms. The van der Waals surface area contributed by atoms with Gasteiger partial charge in [-0.05, 0) is 6.42 Å². The molecular weight excluding hydrogens is 270 g/mol. The van der Waals surface area contributed by atoms with Crippen molar-refractivity contribution in [2.75, 3.05) is 32.1 Å². The minimum atomic E-state index is 0.257. The molecule has 4 heteroatoms. The van der Waals surface area contributed by atoms with Gasteiger partial charge in [0.2, 0.25) is 5.91 Å². The first kappa shape index (κ1) is 15.9. The van der Waals surface area contributed by atoms with E-state index in [9.17, 15) is 4.79 Å². The number of carbonyl (C=O) groups excluding carboxylic acids is 1. The maximum absolute atomic E-state index is 11.9. The van der Waals surface area contributed by atoms with Crippen molar-refractivity contribution >= 4 is 21.8 Å². The summed E-state index contributed by atoms with van der Waals surface area (Å²) in [5, 5.41) is 0.831. The van der Waals surface area contributed by atoms with Crippen molar-refractivity contribution < 1.29 is 9.53 Å². The summed E-state index contributed by atoms with van der Waals surface area (Å²) in [4.78, 5) is 13.7. The fourth-order valence-electron chi connectivity index (χ4n) is 1.53. The molecule has 0 aliphatic rings. The normalized spacial score (nSPS) is 10.4. The minimum absolute atomic E-state index is 0.257. The zero-order valence-electron chi connectivity index (χ0n) is 10.5. The van der Waals surface area contributed by atoms with Crippen LogP contribution >= 0.6 is 15.9 Å². The summed E-state index contributed by atoms with van der Waals surface area (Å²) in [7, 11) is 1.66. The van der Waals surface area contributed by atoms with Gasteiger partial charge in [0.15, 0.2) is 0 Å². The molecule has 0 spiro atoms. The highest BCUT2D eigenvalue weighted by Gasteiger charge is 2.11. The van der Waals surface area contributed by atoms with Gasteiger partial charge in [0.05, 0.1) is 6.61 Å². The highest BCUT2D eigenvalue weighted by molar-refractivity contribution is 9.09. The molecule has 0 saturated carbocycles. The first-order valence-electron chi connectivity index (χ1n) is 6.09. The monoisotopic (exact) mass is 293 g/mol. The summed E-state index contributed by atoms with van der Waals surface area (Å²) in [6.07, 6.45) is 5.29. The number of ether oxygens (including phenoxy) is 1. The van der Waals surface area contributed by atoms with Gasteiger partial charge in [0.25, 0.3) is 0 Å². The third-order valence-electron chi connectivity index (χ3n) is 2.52. The molecule has 0 N–H and O–H groups in total. The van der Waals surface area contributed by atoms with E-state index in [4.69, 9.17) is 4.74 Å². The Morgan fingerprint density at radius 1 is 1.25 bits per heavy atom. The van der Waals surface area contributed by atoms with Crippen LogP contribution in [0.25, 0.3) is 0 Å². The minimum Gasteiger partial charge on any atom is -0.383 e. The van der Waals surface area contributed by atoms with E-state index in [1.165, 1.54) is 12.8 Å². The Morgan fingerprint density at radius 3 is 2.56 bits per heavy atom. The lowest BCUT2D eigenvalue weighted by atomic mass is 10.1. The van der Waals surface area contributed by atoms with E-state index in [1.807, 2.05) is 4.90 Å². The lowest BCUT2D eigenvalue weighted by Crippen LogP contribution is -2.35. The van der Waals surface area contributed by atoms with E-state index < -0.39 is 0 Å². The van der Waals surface area contributed by atoms with Gasteiger partial charge in [0, 0.05) is 32.0 Å². The van der Waals surface area contributed by atoms with Crippen molar-refractivity contribution in [1.82, 2.24) is 4.90 Å². The molecule has 3 nitrogen and oxygen atoms in total. The fourth-order valence-corrected chi connectivity index (χ4v) is 1.95. The van der Waals surface area contributed by atoms with Crippen LogP contribution in [0.15, 0.2) is 0 Å². The molecule has 0 heterocycles. The SMILES string of the molecule is CCCCCCC(=O)N(CCBr)CCOC. The van der Waals surface area contributed by atoms with E-state index in [-0.39, 0.29) is 5.91 Å². The number of halogens is 1. The smallest absolute Gasteiger partial charge is 0.222 e. The van der Waals surface area contributed by atoms with Gasteiger partial charge < -0.3 is 9.64 Å². The van der Waals surface area contributed by atoms with Crippen LogP contribution in [0, 0.1) is 0 Å². The largest absolute Gasteiger partial charge is 0.383 e. The van der Waals surface area contributed by atoms with Crippen LogP contribution < -0.4 is 0 Å². The molecule has 0 saturated heterocycles. The van der Waals surface area contributed by atoms with Gasteiger partial charge in [-0.1, -0.05) is 42.1 Å². The number of hydrogen-bond acceptors (Lipinski definition) is 2. The molecule has 96 valence electrons. The molecular formula is C12H24BrNO2. The maximum atomic E-state index is 11.9. The average Bonchev–Trinajstić information content (AvgIpc) is 2.29. The zero-order valence-corrected chi connectivity index (χ0v) is 12.1. The molecule has 0 aliphatic heterocycles. The van der Waals surface area contributed by atoms with Crippen molar-refractivity contribution in [3.05, 3.63) is 0 Å². The molecule has 0 bridgehead atoms. The number of carbonyl (C=O) groups is 1. The van der Waals surface area contributed by atoms with Crippen LogP contribution in [0.1, 0.15) is 39.0 Å². The van der Waals surface area contributed by atoms with Gasteiger partial charge in [-0.15, -0.1) is 0 Å². The maximum Gasteiger partial charge on any atom is 0.222 e. The number of methoxy groups -OCH3 is 1. The Morgan fingerprint density at radius 2 is 2.00 bits per heavy atom. The van der Waals surface area contributed by atoms with Crippen LogP contribution in [-0.4, -0.2) is 42.9 Å². The molecule has 0 fully saturated rings. The Balaban J connectivity index is 3.77. The summed E-state index contributed by atoms with van der Waals surface area (Å²) in [6.45, 7) is 4.27. The van der Waals surface area contributed by atoms with Crippen molar-refractivity contribution in [1.29, 1.82) is 0 Å². The topological polar surface area (TPSA) is 29.5 Å². The van der Waals surface area contributed by atoms with Crippen LogP contribution in [0.5, 0.6) is 0 Å². The molecule has 0 unspecified atom stereocenters. The van der Waals surface area contributed by atoms with E-state index in [0.717, 1.165) is 24.7 Å². The van der Waals surface area contributed by atoms with E-state index >= 15 is 0 Å². The Bertz CT molecular complexity index is 176. The predicted molar refractivity (Wildman–Crippen MR) is 71.0 cm³/mol. The van der Waals surface area contributed by atoms with Crippen LogP contribution in [0.3, 0.4) is 0 Å².